The van der Waals surface area contributed by atoms with E-state index in [0.29, 0.717) is 16.5 Å². The molecule has 18 heavy (non-hydrogen) atoms. The van der Waals surface area contributed by atoms with Gasteiger partial charge in [-0.25, -0.2) is 0 Å². The van der Waals surface area contributed by atoms with Gasteiger partial charge < -0.3 is 9.73 Å². The smallest absolute Gasteiger partial charge is 0.292 e. The van der Waals surface area contributed by atoms with E-state index in [-0.39, 0.29) is 11.7 Å². The molecule has 1 aromatic heterocycles. The van der Waals surface area contributed by atoms with Crippen molar-refractivity contribution in [1.29, 1.82) is 0 Å². The maximum Gasteiger partial charge on any atom is 0.292 e. The highest BCUT2D eigenvalue weighted by Crippen LogP contribution is 2.30. The molecule has 1 atom stereocenters. The summed E-state index contributed by atoms with van der Waals surface area (Å²) in [4.78, 5) is 10.4. The van der Waals surface area contributed by atoms with Crippen molar-refractivity contribution in [3.63, 3.8) is 0 Å². The Morgan fingerprint density at radius 3 is 2.83 bits per heavy atom. The van der Waals surface area contributed by atoms with Gasteiger partial charge in [0.2, 0.25) is 0 Å². The lowest BCUT2D eigenvalue weighted by Gasteiger charge is -2.13. The molecule has 0 fully saturated rings. The molecule has 0 saturated carbocycles. The number of anilines is 1. The van der Waals surface area contributed by atoms with E-state index in [9.17, 15) is 10.1 Å². The molecule has 2 aromatic rings. The Kier molecular flexibility index (Phi) is 3.53. The molecule has 2 rings (SSSR count). The van der Waals surface area contributed by atoms with E-state index in [1.807, 2.05) is 6.92 Å². The van der Waals surface area contributed by atoms with Crippen LogP contribution in [0.5, 0.6) is 0 Å². The van der Waals surface area contributed by atoms with Gasteiger partial charge in [-0.1, -0.05) is 11.6 Å². The van der Waals surface area contributed by atoms with Crippen LogP contribution in [0, 0.1) is 10.1 Å². The number of nitrogens with one attached hydrogen (secondary N) is 1. The van der Waals surface area contributed by atoms with Crippen LogP contribution in [-0.4, -0.2) is 4.92 Å². The van der Waals surface area contributed by atoms with Crippen LogP contribution in [0.1, 0.15) is 18.7 Å². The third kappa shape index (κ3) is 2.62. The Hall–Kier alpha value is -2.01. The summed E-state index contributed by atoms with van der Waals surface area (Å²) in [7, 11) is 0. The molecule has 0 bridgehead atoms. The van der Waals surface area contributed by atoms with Crippen LogP contribution in [0.2, 0.25) is 5.02 Å². The highest BCUT2D eigenvalue weighted by molar-refractivity contribution is 6.31. The van der Waals surface area contributed by atoms with Gasteiger partial charge >= 0.3 is 0 Å². The summed E-state index contributed by atoms with van der Waals surface area (Å²) in [6, 6.07) is 7.77. The molecule has 0 aliphatic rings. The Labute approximate surface area is 109 Å². The number of rotatable bonds is 4. The molecule has 0 aliphatic heterocycles. The molecule has 94 valence electrons. The predicted molar refractivity (Wildman–Crippen MR) is 68.9 cm³/mol. The number of furan rings is 1. The van der Waals surface area contributed by atoms with Crippen molar-refractivity contribution in [2.45, 2.75) is 13.0 Å². The van der Waals surface area contributed by atoms with Crippen molar-refractivity contribution in [3.8, 4) is 0 Å². The first-order valence-electron chi connectivity index (χ1n) is 5.32. The van der Waals surface area contributed by atoms with E-state index in [4.69, 9.17) is 16.0 Å². The molecular formula is C12H11ClN2O3. The summed E-state index contributed by atoms with van der Waals surface area (Å²) in [5.41, 5.74) is 0.356. The Morgan fingerprint density at radius 1 is 1.44 bits per heavy atom. The maximum absolute atomic E-state index is 10.9. The third-order valence-corrected chi connectivity index (χ3v) is 2.73. The molecule has 0 spiro atoms. The minimum absolute atomic E-state index is 0.0159. The molecular weight excluding hydrogens is 256 g/mol. The first-order valence-corrected chi connectivity index (χ1v) is 5.69. The lowest BCUT2D eigenvalue weighted by molar-refractivity contribution is -0.384. The zero-order valence-corrected chi connectivity index (χ0v) is 10.3. The van der Waals surface area contributed by atoms with Crippen LogP contribution in [0.15, 0.2) is 41.0 Å². The minimum atomic E-state index is -0.451. The van der Waals surface area contributed by atoms with Crippen molar-refractivity contribution in [2.75, 3.05) is 5.32 Å². The molecule has 0 amide bonds. The number of nitro groups is 1. The number of benzene rings is 1. The zero-order valence-electron chi connectivity index (χ0n) is 9.59. The normalized spacial score (nSPS) is 12.1. The molecule has 1 heterocycles. The lowest BCUT2D eigenvalue weighted by Crippen LogP contribution is -2.07. The summed E-state index contributed by atoms with van der Waals surface area (Å²) in [6.45, 7) is 1.85. The molecule has 0 aliphatic carbocycles. The van der Waals surface area contributed by atoms with Crippen molar-refractivity contribution in [2.24, 2.45) is 0 Å². The van der Waals surface area contributed by atoms with Crippen LogP contribution in [-0.2, 0) is 0 Å². The highest BCUT2D eigenvalue weighted by Gasteiger charge is 2.17. The molecule has 0 radical (unpaired) electrons. The van der Waals surface area contributed by atoms with Crippen LogP contribution < -0.4 is 5.32 Å². The van der Waals surface area contributed by atoms with Crippen molar-refractivity contribution < 1.29 is 9.34 Å². The molecule has 0 saturated heterocycles. The van der Waals surface area contributed by atoms with Gasteiger partial charge in [0.15, 0.2) is 0 Å². The number of hydrogen-bond donors (Lipinski definition) is 1. The van der Waals surface area contributed by atoms with Gasteiger partial charge in [-0.3, -0.25) is 10.1 Å². The SMILES string of the molecule is CC(Nc1cc(Cl)ccc1[N+](=O)[O-])c1ccco1. The lowest BCUT2D eigenvalue weighted by atomic mass is 10.2. The standard InChI is InChI=1S/C12H11ClN2O3/c1-8(12-3-2-6-18-12)14-10-7-9(13)4-5-11(10)15(16)17/h2-8,14H,1H3. The summed E-state index contributed by atoms with van der Waals surface area (Å²) in [5, 5.41) is 14.4. The van der Waals surface area contributed by atoms with Crippen molar-refractivity contribution >= 4 is 23.0 Å². The summed E-state index contributed by atoms with van der Waals surface area (Å²) < 4.78 is 5.23. The van der Waals surface area contributed by atoms with E-state index < -0.39 is 4.92 Å². The fourth-order valence-corrected chi connectivity index (χ4v) is 1.80. The van der Waals surface area contributed by atoms with Gasteiger partial charge in [0, 0.05) is 11.1 Å². The fourth-order valence-electron chi connectivity index (χ4n) is 1.63. The summed E-state index contributed by atoms with van der Waals surface area (Å²) in [5.74, 6) is 0.698. The zero-order chi connectivity index (χ0) is 13.1. The Morgan fingerprint density at radius 2 is 2.22 bits per heavy atom. The minimum Gasteiger partial charge on any atom is -0.467 e. The van der Waals surface area contributed by atoms with Gasteiger partial charge in [-0.15, -0.1) is 0 Å². The van der Waals surface area contributed by atoms with Crippen LogP contribution >= 0.6 is 11.6 Å². The monoisotopic (exact) mass is 266 g/mol. The van der Waals surface area contributed by atoms with Crippen LogP contribution in [0.4, 0.5) is 11.4 Å². The predicted octanol–water partition coefficient (Wildman–Crippen LogP) is 4.01. The van der Waals surface area contributed by atoms with Gasteiger partial charge in [-0.2, -0.15) is 0 Å². The van der Waals surface area contributed by atoms with E-state index >= 15 is 0 Å². The average Bonchev–Trinajstić information content (AvgIpc) is 2.81. The molecule has 1 unspecified atom stereocenters. The molecule has 6 heteroatoms. The summed E-state index contributed by atoms with van der Waals surface area (Å²) >= 11 is 5.84. The number of halogens is 1. The van der Waals surface area contributed by atoms with Gasteiger partial charge in [0.05, 0.1) is 17.2 Å². The molecule has 5 nitrogen and oxygen atoms in total. The second kappa shape index (κ2) is 5.10. The van der Waals surface area contributed by atoms with Crippen LogP contribution in [0.25, 0.3) is 0 Å². The fraction of sp³-hybridized carbons (Fsp3) is 0.167. The third-order valence-electron chi connectivity index (χ3n) is 2.50. The number of nitro benzene ring substituents is 1. The van der Waals surface area contributed by atoms with Gasteiger partial charge in [0.25, 0.3) is 5.69 Å². The quantitative estimate of drug-likeness (QED) is 0.670. The van der Waals surface area contributed by atoms with Crippen molar-refractivity contribution in [3.05, 3.63) is 57.5 Å². The van der Waals surface area contributed by atoms with E-state index in [0.717, 1.165) is 0 Å². The van der Waals surface area contributed by atoms with E-state index in [1.54, 1.807) is 18.4 Å². The van der Waals surface area contributed by atoms with E-state index in [1.165, 1.54) is 18.2 Å². The van der Waals surface area contributed by atoms with Gasteiger partial charge in [-0.05, 0) is 31.2 Å². The van der Waals surface area contributed by atoms with E-state index in [2.05, 4.69) is 5.32 Å². The number of nitrogens with zero attached hydrogens (tertiary/aromatic N) is 1. The maximum atomic E-state index is 10.9. The second-order valence-corrected chi connectivity index (χ2v) is 4.24. The Bertz CT molecular complexity index is 554. The molecule has 1 N–H and O–H groups in total. The average molecular weight is 267 g/mol. The summed E-state index contributed by atoms with van der Waals surface area (Å²) in [6.07, 6.45) is 1.56. The first-order chi connectivity index (χ1) is 8.58. The highest BCUT2D eigenvalue weighted by atomic mass is 35.5. The first kappa shape index (κ1) is 12.4. The molecule has 1 aromatic carbocycles. The van der Waals surface area contributed by atoms with Crippen LogP contribution in [0.3, 0.4) is 0 Å². The largest absolute Gasteiger partial charge is 0.467 e. The number of hydrogen-bond acceptors (Lipinski definition) is 4. The topological polar surface area (TPSA) is 68.3 Å². The second-order valence-electron chi connectivity index (χ2n) is 3.80. The Balaban J connectivity index is 2.28. The van der Waals surface area contributed by atoms with Gasteiger partial charge in [0.1, 0.15) is 11.4 Å². The van der Waals surface area contributed by atoms with Crippen molar-refractivity contribution in [1.82, 2.24) is 0 Å².